The number of amides is 2. The molecule has 0 bridgehead atoms. The van der Waals surface area contributed by atoms with Crippen LogP contribution in [-0.4, -0.2) is 50.3 Å². The summed E-state index contributed by atoms with van der Waals surface area (Å²) < 4.78 is 19.3. The molecule has 10 heteroatoms. The molecule has 2 atom stereocenters. The first-order valence-corrected chi connectivity index (χ1v) is 15.5. The Bertz CT molecular complexity index is 1810. The molecule has 4 aromatic rings. The predicted octanol–water partition coefficient (Wildman–Crippen LogP) is 5.07. The first-order chi connectivity index (χ1) is 22.2. The maximum absolute atomic E-state index is 13.8. The minimum Gasteiger partial charge on any atom is -0.493 e. The van der Waals surface area contributed by atoms with Crippen LogP contribution in [0.4, 0.5) is 5.69 Å². The van der Waals surface area contributed by atoms with Crippen LogP contribution in [-0.2, 0) is 22.6 Å². The molecule has 46 heavy (non-hydrogen) atoms. The second-order valence-corrected chi connectivity index (χ2v) is 11.8. The molecule has 0 spiro atoms. The van der Waals surface area contributed by atoms with Gasteiger partial charge in [-0.15, -0.1) is 0 Å². The van der Waals surface area contributed by atoms with Crippen molar-refractivity contribution < 1.29 is 23.8 Å². The van der Waals surface area contributed by atoms with Crippen LogP contribution in [0.25, 0.3) is 22.0 Å². The average molecular weight is 627 g/mol. The largest absolute Gasteiger partial charge is 0.493 e. The van der Waals surface area contributed by atoms with Gasteiger partial charge in [0.2, 0.25) is 23.0 Å². The Morgan fingerprint density at radius 1 is 0.978 bits per heavy atom. The Kier molecular flexibility index (Phi) is 9.84. The van der Waals surface area contributed by atoms with Gasteiger partial charge < -0.3 is 34.7 Å². The van der Waals surface area contributed by atoms with E-state index in [1.54, 1.807) is 33.5 Å². The van der Waals surface area contributed by atoms with Crippen molar-refractivity contribution in [2.75, 3.05) is 33.2 Å². The minimum absolute atomic E-state index is 0.111. The Hall–Kier alpha value is -4.99. The van der Waals surface area contributed by atoms with Crippen molar-refractivity contribution in [3.8, 4) is 28.4 Å². The summed E-state index contributed by atoms with van der Waals surface area (Å²) in [4.78, 5) is 39.5. The standard InChI is InChI=1S/C36H42N4O6/c1-21(2)33(36(43)37-16-18-40-17-15-23-9-7-8-10-29(23)40)39-28-14-12-25-26(20-30(28)42)27(38-22(3)41)13-11-24-19-31(44-4)34(45-5)35(46-6)32(24)25/h7-10,12,14-15,17,19-21,27,33H,11,13,16,18H2,1-6H3,(H,37,43)(H,38,41)(H,39,42)/t27-,33+/m1/s1. The fourth-order valence-corrected chi connectivity index (χ4v) is 6.27. The molecule has 5 rings (SSSR count). The van der Waals surface area contributed by atoms with Crippen LogP contribution in [0.2, 0.25) is 0 Å². The van der Waals surface area contributed by atoms with E-state index in [2.05, 4.69) is 38.7 Å². The number of fused-ring (bicyclic) bond motifs is 4. The number of carbonyl (C=O) groups excluding carboxylic acids is 2. The number of anilines is 1. The summed E-state index contributed by atoms with van der Waals surface area (Å²) in [6.07, 6.45) is 3.17. The normalized spacial score (nSPS) is 14.5. The van der Waals surface area contributed by atoms with E-state index in [-0.39, 0.29) is 28.8 Å². The molecule has 1 aliphatic rings. The number of aromatic nitrogens is 1. The van der Waals surface area contributed by atoms with Gasteiger partial charge in [-0.25, -0.2) is 0 Å². The van der Waals surface area contributed by atoms with E-state index in [0.717, 1.165) is 27.6 Å². The number of hydrogen-bond donors (Lipinski definition) is 3. The molecular weight excluding hydrogens is 584 g/mol. The van der Waals surface area contributed by atoms with Gasteiger partial charge in [-0.05, 0) is 71.2 Å². The molecule has 2 amide bonds. The van der Waals surface area contributed by atoms with Crippen LogP contribution in [0.15, 0.2) is 65.6 Å². The Labute approximate surface area is 269 Å². The van der Waals surface area contributed by atoms with Crippen LogP contribution in [0.1, 0.15) is 44.4 Å². The van der Waals surface area contributed by atoms with Gasteiger partial charge in [0.1, 0.15) is 6.04 Å². The van der Waals surface area contributed by atoms with Crippen LogP contribution in [0, 0.1) is 5.92 Å². The summed E-state index contributed by atoms with van der Waals surface area (Å²) in [5.41, 5.74) is 4.17. The molecule has 10 nitrogen and oxygen atoms in total. The van der Waals surface area contributed by atoms with Gasteiger partial charge in [0.15, 0.2) is 11.5 Å². The van der Waals surface area contributed by atoms with Crippen molar-refractivity contribution in [1.29, 1.82) is 0 Å². The highest BCUT2D eigenvalue weighted by Gasteiger charge is 2.30. The van der Waals surface area contributed by atoms with Crippen LogP contribution in [0.3, 0.4) is 0 Å². The molecule has 0 radical (unpaired) electrons. The topological polar surface area (TPSA) is 120 Å². The molecule has 0 unspecified atom stereocenters. The predicted molar refractivity (Wildman–Crippen MR) is 180 cm³/mol. The third-order valence-electron chi connectivity index (χ3n) is 8.51. The maximum atomic E-state index is 13.8. The Morgan fingerprint density at radius 2 is 1.74 bits per heavy atom. The minimum atomic E-state index is -0.659. The number of rotatable bonds is 11. The third kappa shape index (κ3) is 6.51. The average Bonchev–Trinajstić information content (AvgIpc) is 3.30. The van der Waals surface area contributed by atoms with E-state index in [4.69, 9.17) is 14.2 Å². The van der Waals surface area contributed by atoms with Gasteiger partial charge in [0, 0.05) is 37.3 Å². The van der Waals surface area contributed by atoms with Crippen LogP contribution in [0.5, 0.6) is 17.2 Å². The number of methoxy groups -OCH3 is 3. The number of para-hydroxylation sites is 1. The summed E-state index contributed by atoms with van der Waals surface area (Å²) in [7, 11) is 4.68. The van der Waals surface area contributed by atoms with Crippen LogP contribution >= 0.6 is 0 Å². The van der Waals surface area contributed by atoms with E-state index in [1.807, 2.05) is 44.3 Å². The Balaban J connectivity index is 1.49. The van der Waals surface area contributed by atoms with E-state index in [1.165, 1.54) is 6.92 Å². The van der Waals surface area contributed by atoms with Gasteiger partial charge in [0.25, 0.3) is 0 Å². The number of aryl methyl sites for hydroxylation is 1. The Morgan fingerprint density at radius 3 is 2.43 bits per heavy atom. The van der Waals surface area contributed by atoms with Gasteiger partial charge >= 0.3 is 0 Å². The van der Waals surface area contributed by atoms with Gasteiger partial charge in [-0.1, -0.05) is 38.1 Å². The lowest BCUT2D eigenvalue weighted by atomic mass is 9.95. The quantitative estimate of drug-likeness (QED) is 0.213. The van der Waals surface area contributed by atoms with Crippen molar-refractivity contribution in [1.82, 2.24) is 15.2 Å². The molecule has 3 aromatic carbocycles. The van der Waals surface area contributed by atoms with E-state index in [0.29, 0.717) is 48.7 Å². The lowest BCUT2D eigenvalue weighted by molar-refractivity contribution is -0.122. The fraction of sp³-hybridized carbons (Fsp3) is 0.361. The number of hydrogen-bond acceptors (Lipinski definition) is 7. The number of benzene rings is 2. The first kappa shape index (κ1) is 32.4. The molecule has 0 saturated carbocycles. The van der Waals surface area contributed by atoms with Crippen LogP contribution < -0.4 is 35.6 Å². The SMILES string of the molecule is COc1cc2c(c(OC)c1OC)-c1ccc(N[C@H](C(=O)NCCn3ccc4ccccc43)C(C)C)c(=O)cc1[C@H](NC(C)=O)CC2. The zero-order valence-corrected chi connectivity index (χ0v) is 27.2. The molecule has 1 heterocycles. The molecule has 0 saturated heterocycles. The van der Waals surface area contributed by atoms with Crippen molar-refractivity contribution in [2.45, 2.75) is 52.2 Å². The highest BCUT2D eigenvalue weighted by atomic mass is 16.5. The summed E-state index contributed by atoms with van der Waals surface area (Å²) in [5.74, 6) is 0.930. The second-order valence-electron chi connectivity index (χ2n) is 11.8. The van der Waals surface area contributed by atoms with Crippen molar-refractivity contribution in [2.24, 2.45) is 5.92 Å². The number of nitrogens with one attached hydrogen (secondary N) is 3. The second kappa shape index (κ2) is 14.0. The first-order valence-electron chi connectivity index (χ1n) is 15.5. The molecule has 242 valence electrons. The molecule has 1 aliphatic carbocycles. The molecule has 1 aromatic heterocycles. The van der Waals surface area contributed by atoms with E-state index >= 15 is 0 Å². The van der Waals surface area contributed by atoms with E-state index < -0.39 is 12.1 Å². The fourth-order valence-electron chi connectivity index (χ4n) is 6.27. The number of ether oxygens (including phenoxy) is 3. The third-order valence-corrected chi connectivity index (χ3v) is 8.51. The zero-order valence-electron chi connectivity index (χ0n) is 27.2. The molecule has 3 N–H and O–H groups in total. The highest BCUT2D eigenvalue weighted by Crippen LogP contribution is 2.50. The van der Waals surface area contributed by atoms with Crippen molar-refractivity contribution in [3.63, 3.8) is 0 Å². The van der Waals surface area contributed by atoms with Crippen molar-refractivity contribution >= 4 is 28.4 Å². The van der Waals surface area contributed by atoms with Gasteiger partial charge in [-0.2, -0.15) is 0 Å². The highest BCUT2D eigenvalue weighted by molar-refractivity contribution is 5.86. The summed E-state index contributed by atoms with van der Waals surface area (Å²) in [6.45, 7) is 6.39. The summed E-state index contributed by atoms with van der Waals surface area (Å²) in [6, 6.07) is 16.1. The van der Waals surface area contributed by atoms with Crippen molar-refractivity contribution in [3.05, 3.63) is 82.1 Å². The number of nitrogens with zero attached hydrogens (tertiary/aromatic N) is 1. The lowest BCUT2D eigenvalue weighted by Gasteiger charge is -2.22. The summed E-state index contributed by atoms with van der Waals surface area (Å²) in [5, 5.41) is 10.4. The summed E-state index contributed by atoms with van der Waals surface area (Å²) >= 11 is 0. The molecule has 0 fully saturated rings. The van der Waals surface area contributed by atoms with Gasteiger partial charge in [-0.3, -0.25) is 14.4 Å². The smallest absolute Gasteiger partial charge is 0.242 e. The number of carbonyl (C=O) groups is 2. The van der Waals surface area contributed by atoms with Gasteiger partial charge in [0.05, 0.1) is 33.1 Å². The molecular formula is C36H42N4O6. The monoisotopic (exact) mass is 626 g/mol. The molecule has 0 aliphatic heterocycles. The maximum Gasteiger partial charge on any atom is 0.242 e. The lowest BCUT2D eigenvalue weighted by Crippen LogP contribution is -2.44. The zero-order chi connectivity index (χ0) is 33.0. The van der Waals surface area contributed by atoms with E-state index in [9.17, 15) is 14.4 Å².